The van der Waals surface area contributed by atoms with Crippen molar-refractivity contribution >= 4 is 22.8 Å². The highest BCUT2D eigenvalue weighted by Gasteiger charge is 2.04. The lowest BCUT2D eigenvalue weighted by molar-refractivity contribution is -0.111. The second-order valence-electron chi connectivity index (χ2n) is 3.04. The van der Waals surface area contributed by atoms with E-state index in [0.29, 0.717) is 18.4 Å². The molecule has 3 nitrogen and oxygen atoms in total. The van der Waals surface area contributed by atoms with E-state index in [2.05, 4.69) is 4.74 Å². The van der Waals surface area contributed by atoms with Gasteiger partial charge in [-0.05, 0) is 35.7 Å². The van der Waals surface area contributed by atoms with Crippen LogP contribution in [0.15, 0.2) is 24.3 Å². The minimum atomic E-state index is -0.366. The Hall–Kier alpha value is -1.35. The van der Waals surface area contributed by atoms with E-state index in [1.54, 1.807) is 24.3 Å². The minimum Gasteiger partial charge on any atom is -0.465 e. The van der Waals surface area contributed by atoms with Crippen LogP contribution in [-0.4, -0.2) is 18.3 Å². The summed E-state index contributed by atoms with van der Waals surface area (Å²) in [6, 6.07) is 6.90. The van der Waals surface area contributed by atoms with Crippen molar-refractivity contribution in [2.75, 3.05) is 7.11 Å². The van der Waals surface area contributed by atoms with Crippen molar-refractivity contribution < 1.29 is 14.3 Å². The fourth-order valence-corrected chi connectivity index (χ4v) is 1.26. The molecule has 0 atom stereocenters. The van der Waals surface area contributed by atoms with E-state index in [1.807, 2.05) is 0 Å². The van der Waals surface area contributed by atoms with Gasteiger partial charge < -0.3 is 4.74 Å². The molecule has 15 heavy (non-hydrogen) atoms. The fraction of sp³-hybridized carbons (Fsp3) is 0.273. The highest BCUT2D eigenvalue weighted by Crippen LogP contribution is 2.08. The van der Waals surface area contributed by atoms with Crippen molar-refractivity contribution in [2.45, 2.75) is 12.8 Å². The fourth-order valence-electron chi connectivity index (χ4n) is 1.17. The minimum absolute atomic E-state index is 0.305. The summed E-state index contributed by atoms with van der Waals surface area (Å²) in [5, 5.41) is -0.355. The average Bonchev–Trinajstić information content (AvgIpc) is 2.26. The Bertz CT molecular complexity index is 357. The molecule has 1 rings (SSSR count). The Balaban J connectivity index is 2.64. The Labute approximate surface area is 93.0 Å². The zero-order chi connectivity index (χ0) is 11.3. The third-order valence-corrected chi connectivity index (χ3v) is 2.17. The van der Waals surface area contributed by atoms with E-state index < -0.39 is 0 Å². The van der Waals surface area contributed by atoms with Gasteiger partial charge in [0.05, 0.1) is 12.7 Å². The number of esters is 1. The quantitative estimate of drug-likeness (QED) is 0.584. The molecule has 0 aliphatic rings. The molecule has 80 valence electrons. The standard InChI is InChI=1S/C11H11ClO3/c1-15-11(14)9-5-2-8(3-6-9)4-7-10(12)13/h2-3,5-6H,4,7H2,1H3. The molecule has 0 aromatic heterocycles. The molecule has 1 aromatic carbocycles. The summed E-state index contributed by atoms with van der Waals surface area (Å²) in [6.07, 6.45) is 0.892. The van der Waals surface area contributed by atoms with E-state index in [4.69, 9.17) is 11.6 Å². The molecule has 1 aromatic rings. The zero-order valence-corrected chi connectivity index (χ0v) is 9.08. The molecule has 0 radical (unpaired) electrons. The Morgan fingerprint density at radius 1 is 1.27 bits per heavy atom. The lowest BCUT2D eigenvalue weighted by Crippen LogP contribution is -2.01. The van der Waals surface area contributed by atoms with Crippen molar-refractivity contribution in [2.24, 2.45) is 0 Å². The van der Waals surface area contributed by atoms with E-state index in [9.17, 15) is 9.59 Å². The predicted octanol–water partition coefficient (Wildman–Crippen LogP) is 2.17. The van der Waals surface area contributed by atoms with Crippen LogP contribution in [0, 0.1) is 0 Å². The Morgan fingerprint density at radius 3 is 2.33 bits per heavy atom. The van der Waals surface area contributed by atoms with Crippen molar-refractivity contribution in [1.82, 2.24) is 0 Å². The normalized spacial score (nSPS) is 9.73. The van der Waals surface area contributed by atoms with Gasteiger partial charge in [-0.25, -0.2) is 4.79 Å². The lowest BCUT2D eigenvalue weighted by Gasteiger charge is -2.01. The van der Waals surface area contributed by atoms with Gasteiger partial charge in [0.1, 0.15) is 0 Å². The smallest absolute Gasteiger partial charge is 0.337 e. The van der Waals surface area contributed by atoms with Crippen LogP contribution in [0.3, 0.4) is 0 Å². The first-order valence-electron chi connectivity index (χ1n) is 4.49. The monoisotopic (exact) mass is 226 g/mol. The maximum atomic E-state index is 11.1. The van der Waals surface area contributed by atoms with Gasteiger partial charge in [0.15, 0.2) is 0 Å². The van der Waals surface area contributed by atoms with E-state index >= 15 is 0 Å². The molecule has 0 aliphatic heterocycles. The molecule has 0 aliphatic carbocycles. The van der Waals surface area contributed by atoms with Crippen molar-refractivity contribution in [3.63, 3.8) is 0 Å². The van der Waals surface area contributed by atoms with Crippen LogP contribution in [-0.2, 0) is 16.0 Å². The molecular weight excluding hydrogens is 216 g/mol. The van der Waals surface area contributed by atoms with Crippen LogP contribution in [0.2, 0.25) is 0 Å². The van der Waals surface area contributed by atoms with E-state index in [0.717, 1.165) is 5.56 Å². The number of methoxy groups -OCH3 is 1. The van der Waals surface area contributed by atoms with E-state index in [1.165, 1.54) is 7.11 Å². The van der Waals surface area contributed by atoms with E-state index in [-0.39, 0.29) is 11.2 Å². The number of carbonyl (C=O) groups is 2. The molecule has 0 spiro atoms. The van der Waals surface area contributed by atoms with Gasteiger partial charge in [-0.1, -0.05) is 12.1 Å². The van der Waals surface area contributed by atoms with Crippen LogP contribution in [0.5, 0.6) is 0 Å². The Morgan fingerprint density at radius 2 is 1.87 bits per heavy atom. The summed E-state index contributed by atoms with van der Waals surface area (Å²) < 4.78 is 4.56. The average molecular weight is 227 g/mol. The molecule has 0 amide bonds. The van der Waals surface area contributed by atoms with Gasteiger partial charge in [-0.15, -0.1) is 0 Å². The third kappa shape index (κ3) is 3.72. The first-order chi connectivity index (χ1) is 7.13. The molecule has 0 bridgehead atoms. The van der Waals surface area contributed by atoms with Gasteiger partial charge in [0.2, 0.25) is 5.24 Å². The van der Waals surface area contributed by atoms with Crippen LogP contribution >= 0.6 is 11.6 Å². The first-order valence-corrected chi connectivity index (χ1v) is 4.87. The number of hydrogen-bond acceptors (Lipinski definition) is 3. The van der Waals surface area contributed by atoms with Crippen LogP contribution < -0.4 is 0 Å². The molecule has 0 unspecified atom stereocenters. The molecule has 0 saturated heterocycles. The number of hydrogen-bond donors (Lipinski definition) is 0. The van der Waals surface area contributed by atoms with Crippen LogP contribution in [0.1, 0.15) is 22.3 Å². The first kappa shape index (κ1) is 11.7. The van der Waals surface area contributed by atoms with Crippen molar-refractivity contribution in [3.05, 3.63) is 35.4 Å². The summed E-state index contributed by atoms with van der Waals surface area (Å²) in [7, 11) is 1.34. The molecule has 0 fully saturated rings. The number of aryl methyl sites for hydroxylation is 1. The molecule has 0 saturated carbocycles. The number of ether oxygens (including phenoxy) is 1. The summed E-state index contributed by atoms with van der Waals surface area (Å²) in [5.41, 5.74) is 1.47. The SMILES string of the molecule is COC(=O)c1ccc(CCC(=O)Cl)cc1. The molecular formula is C11H11ClO3. The second kappa shape index (κ2) is 5.51. The number of halogens is 1. The van der Waals surface area contributed by atoms with Crippen molar-refractivity contribution in [3.8, 4) is 0 Å². The summed E-state index contributed by atoms with van der Waals surface area (Å²) in [4.78, 5) is 21.6. The van der Waals surface area contributed by atoms with Gasteiger partial charge in [-0.2, -0.15) is 0 Å². The third-order valence-electron chi connectivity index (χ3n) is 1.99. The summed E-state index contributed by atoms with van der Waals surface area (Å²) in [6.45, 7) is 0. The number of carbonyl (C=O) groups excluding carboxylic acids is 2. The highest BCUT2D eigenvalue weighted by atomic mass is 35.5. The topological polar surface area (TPSA) is 43.4 Å². The lowest BCUT2D eigenvalue weighted by atomic mass is 10.1. The van der Waals surface area contributed by atoms with Gasteiger partial charge in [-0.3, -0.25) is 4.79 Å². The maximum absolute atomic E-state index is 11.1. The maximum Gasteiger partial charge on any atom is 0.337 e. The molecule has 0 N–H and O–H groups in total. The second-order valence-corrected chi connectivity index (χ2v) is 3.47. The van der Waals surface area contributed by atoms with Crippen molar-refractivity contribution in [1.29, 1.82) is 0 Å². The molecule has 4 heteroatoms. The molecule has 0 heterocycles. The summed E-state index contributed by atoms with van der Waals surface area (Å²) >= 11 is 5.22. The van der Waals surface area contributed by atoms with Gasteiger partial charge >= 0.3 is 5.97 Å². The number of rotatable bonds is 4. The largest absolute Gasteiger partial charge is 0.465 e. The van der Waals surface area contributed by atoms with Gasteiger partial charge in [0, 0.05) is 6.42 Å². The highest BCUT2D eigenvalue weighted by molar-refractivity contribution is 6.63. The summed E-state index contributed by atoms with van der Waals surface area (Å²) in [5.74, 6) is -0.366. The zero-order valence-electron chi connectivity index (χ0n) is 8.33. The number of benzene rings is 1. The van der Waals surface area contributed by atoms with Gasteiger partial charge in [0.25, 0.3) is 0 Å². The Kier molecular flexibility index (Phi) is 4.31. The predicted molar refractivity (Wildman–Crippen MR) is 57.0 cm³/mol. The van der Waals surface area contributed by atoms with Crippen LogP contribution in [0.25, 0.3) is 0 Å². The van der Waals surface area contributed by atoms with Crippen LogP contribution in [0.4, 0.5) is 0 Å².